The second kappa shape index (κ2) is 6.96. The van der Waals surface area contributed by atoms with E-state index in [-0.39, 0.29) is 17.8 Å². The van der Waals surface area contributed by atoms with E-state index < -0.39 is 17.7 Å². The molecule has 1 aromatic carbocycles. The summed E-state index contributed by atoms with van der Waals surface area (Å²) in [4.78, 5) is 0. The van der Waals surface area contributed by atoms with Crippen LogP contribution in [0.15, 0.2) is 18.2 Å². The van der Waals surface area contributed by atoms with Crippen molar-refractivity contribution in [2.45, 2.75) is 45.8 Å². The Morgan fingerprint density at radius 2 is 1.79 bits per heavy atom. The number of hydrogen-bond acceptors (Lipinski definition) is 2. The Morgan fingerprint density at radius 1 is 1.21 bits per heavy atom. The van der Waals surface area contributed by atoms with Crippen molar-refractivity contribution in [3.05, 3.63) is 35.4 Å². The topological polar surface area (TPSA) is 21.3 Å². The highest BCUT2D eigenvalue weighted by Crippen LogP contribution is 2.22. The first-order valence-corrected chi connectivity index (χ1v) is 6.66. The van der Waals surface area contributed by atoms with Gasteiger partial charge in [0, 0.05) is 5.56 Å². The largest absolute Gasteiger partial charge is 0.374 e. The number of nitrogens with one attached hydrogen (secondary N) is 1. The standard InChI is InChI=1S/C15H23F2NO/c1-5-9-18-13(10-19-15(2,3)4)14-11(16)7-6-8-12(14)17/h6-8,13,18H,5,9-10H2,1-4H3. The first-order chi connectivity index (χ1) is 8.85. The van der Waals surface area contributed by atoms with Crippen LogP contribution in [-0.2, 0) is 4.74 Å². The van der Waals surface area contributed by atoms with E-state index in [0.717, 1.165) is 6.42 Å². The van der Waals surface area contributed by atoms with Gasteiger partial charge in [0.2, 0.25) is 0 Å². The minimum atomic E-state index is -0.536. The maximum atomic E-state index is 13.8. The summed E-state index contributed by atoms with van der Waals surface area (Å²) in [5.74, 6) is -1.07. The fourth-order valence-electron chi connectivity index (χ4n) is 1.74. The third kappa shape index (κ3) is 5.25. The lowest BCUT2D eigenvalue weighted by Gasteiger charge is -2.26. The fraction of sp³-hybridized carbons (Fsp3) is 0.600. The molecule has 0 aliphatic heterocycles. The average Bonchev–Trinajstić information content (AvgIpc) is 2.30. The van der Waals surface area contributed by atoms with Crippen molar-refractivity contribution in [3.63, 3.8) is 0 Å². The zero-order valence-electron chi connectivity index (χ0n) is 12.1. The van der Waals surface area contributed by atoms with Gasteiger partial charge in [-0.1, -0.05) is 13.0 Å². The zero-order valence-corrected chi connectivity index (χ0v) is 12.1. The molecule has 0 aliphatic carbocycles. The molecule has 0 spiro atoms. The van der Waals surface area contributed by atoms with Crippen molar-refractivity contribution < 1.29 is 13.5 Å². The molecule has 0 amide bonds. The number of benzene rings is 1. The molecule has 0 fully saturated rings. The Labute approximate surface area is 114 Å². The van der Waals surface area contributed by atoms with Gasteiger partial charge >= 0.3 is 0 Å². The van der Waals surface area contributed by atoms with E-state index in [1.807, 2.05) is 27.7 Å². The van der Waals surface area contributed by atoms with Crippen molar-refractivity contribution in [2.24, 2.45) is 0 Å². The molecule has 0 saturated carbocycles. The Hall–Kier alpha value is -1.00. The predicted molar refractivity (Wildman–Crippen MR) is 73.1 cm³/mol. The maximum absolute atomic E-state index is 13.8. The van der Waals surface area contributed by atoms with Gasteiger partial charge in [-0.2, -0.15) is 0 Å². The van der Waals surface area contributed by atoms with Crippen LogP contribution in [-0.4, -0.2) is 18.8 Å². The van der Waals surface area contributed by atoms with E-state index in [2.05, 4.69) is 5.32 Å². The molecule has 2 nitrogen and oxygen atoms in total. The third-order valence-corrected chi connectivity index (χ3v) is 2.67. The van der Waals surface area contributed by atoms with Crippen molar-refractivity contribution >= 4 is 0 Å². The molecule has 0 heterocycles. The number of rotatable bonds is 6. The molecule has 1 aromatic rings. The molecule has 0 aromatic heterocycles. The molecule has 0 aliphatic rings. The van der Waals surface area contributed by atoms with Gasteiger partial charge in [-0.05, 0) is 45.9 Å². The number of halogens is 2. The van der Waals surface area contributed by atoms with Crippen LogP contribution in [0.4, 0.5) is 8.78 Å². The molecule has 0 radical (unpaired) electrons. The Kier molecular flexibility index (Phi) is 5.88. The molecule has 1 atom stereocenters. The van der Waals surface area contributed by atoms with Gasteiger partial charge in [-0.25, -0.2) is 8.78 Å². The van der Waals surface area contributed by atoms with E-state index in [1.165, 1.54) is 18.2 Å². The van der Waals surface area contributed by atoms with Crippen molar-refractivity contribution in [1.82, 2.24) is 5.32 Å². The van der Waals surface area contributed by atoms with Crippen LogP contribution in [0, 0.1) is 11.6 Å². The average molecular weight is 271 g/mol. The third-order valence-electron chi connectivity index (χ3n) is 2.67. The van der Waals surface area contributed by atoms with Gasteiger partial charge < -0.3 is 10.1 Å². The van der Waals surface area contributed by atoms with Crippen LogP contribution < -0.4 is 5.32 Å². The highest BCUT2D eigenvalue weighted by molar-refractivity contribution is 5.23. The van der Waals surface area contributed by atoms with Gasteiger partial charge in [0.1, 0.15) is 11.6 Å². The summed E-state index contributed by atoms with van der Waals surface area (Å²) in [5, 5.41) is 3.13. The van der Waals surface area contributed by atoms with Crippen LogP contribution in [0.1, 0.15) is 45.7 Å². The number of hydrogen-bond donors (Lipinski definition) is 1. The minimum absolute atomic E-state index is 0.0557. The number of ether oxygens (including phenoxy) is 1. The van der Waals surface area contributed by atoms with Crippen LogP contribution in [0.5, 0.6) is 0 Å². The molecule has 19 heavy (non-hydrogen) atoms. The van der Waals surface area contributed by atoms with Crippen molar-refractivity contribution in [1.29, 1.82) is 0 Å². The molecule has 4 heteroatoms. The molecule has 0 saturated heterocycles. The summed E-state index contributed by atoms with van der Waals surface area (Å²) < 4.78 is 33.3. The monoisotopic (exact) mass is 271 g/mol. The van der Waals surface area contributed by atoms with Crippen molar-refractivity contribution in [2.75, 3.05) is 13.2 Å². The zero-order chi connectivity index (χ0) is 14.5. The Balaban J connectivity index is 2.89. The van der Waals surface area contributed by atoms with Gasteiger partial charge in [-0.3, -0.25) is 0 Å². The molecule has 1 rings (SSSR count). The van der Waals surface area contributed by atoms with Gasteiger partial charge in [0.25, 0.3) is 0 Å². The molecular formula is C15H23F2NO. The van der Waals surface area contributed by atoms with E-state index >= 15 is 0 Å². The van der Waals surface area contributed by atoms with E-state index in [1.54, 1.807) is 0 Å². The summed E-state index contributed by atoms with van der Waals surface area (Å²) in [6, 6.07) is 3.45. The first-order valence-electron chi connectivity index (χ1n) is 6.66. The molecule has 108 valence electrons. The summed E-state index contributed by atoms with van der Waals surface area (Å²) in [7, 11) is 0. The lowest BCUT2D eigenvalue weighted by atomic mass is 10.1. The maximum Gasteiger partial charge on any atom is 0.131 e. The molecule has 1 N–H and O–H groups in total. The Bertz CT molecular complexity index is 381. The van der Waals surface area contributed by atoms with Crippen molar-refractivity contribution in [3.8, 4) is 0 Å². The lowest BCUT2D eigenvalue weighted by molar-refractivity contribution is -0.0156. The van der Waals surface area contributed by atoms with Crippen LogP contribution in [0.25, 0.3) is 0 Å². The summed E-state index contributed by atoms with van der Waals surface area (Å²) >= 11 is 0. The fourth-order valence-corrected chi connectivity index (χ4v) is 1.74. The summed E-state index contributed by atoms with van der Waals surface area (Å²) in [6.07, 6.45) is 0.891. The van der Waals surface area contributed by atoms with E-state index in [4.69, 9.17) is 4.74 Å². The van der Waals surface area contributed by atoms with Crippen LogP contribution in [0.2, 0.25) is 0 Å². The lowest BCUT2D eigenvalue weighted by Crippen LogP contribution is -2.32. The van der Waals surface area contributed by atoms with Gasteiger partial charge in [-0.15, -0.1) is 0 Å². The Morgan fingerprint density at radius 3 is 2.26 bits per heavy atom. The van der Waals surface area contributed by atoms with Gasteiger partial charge in [0.15, 0.2) is 0 Å². The second-order valence-electron chi connectivity index (χ2n) is 5.57. The van der Waals surface area contributed by atoms with E-state index in [0.29, 0.717) is 6.54 Å². The molecule has 0 bridgehead atoms. The SMILES string of the molecule is CCCNC(COC(C)(C)C)c1c(F)cccc1F. The smallest absolute Gasteiger partial charge is 0.131 e. The van der Waals surface area contributed by atoms with Crippen LogP contribution in [0.3, 0.4) is 0 Å². The predicted octanol–water partition coefficient (Wildman–Crippen LogP) is 3.82. The molecular weight excluding hydrogens is 248 g/mol. The normalized spacial score (nSPS) is 13.6. The summed E-state index contributed by atoms with van der Waals surface area (Å²) in [6.45, 7) is 8.68. The minimum Gasteiger partial charge on any atom is -0.374 e. The highest BCUT2D eigenvalue weighted by Gasteiger charge is 2.22. The van der Waals surface area contributed by atoms with Gasteiger partial charge in [0.05, 0.1) is 18.2 Å². The van der Waals surface area contributed by atoms with Crippen LogP contribution >= 0.6 is 0 Å². The highest BCUT2D eigenvalue weighted by atomic mass is 19.1. The van der Waals surface area contributed by atoms with E-state index in [9.17, 15) is 8.78 Å². The quantitative estimate of drug-likeness (QED) is 0.849. The first kappa shape index (κ1) is 16.1. The second-order valence-corrected chi connectivity index (χ2v) is 5.57. The summed E-state index contributed by atoms with van der Waals surface area (Å²) in [5.41, 5.74) is -0.284. The molecule has 1 unspecified atom stereocenters.